The molecule has 2 N–H and O–H groups in total. The molecule has 0 radical (unpaired) electrons. The average molecular weight is 240 g/mol. The molecule has 0 spiro atoms. The van der Waals surface area contributed by atoms with Crippen molar-refractivity contribution in [3.05, 3.63) is 35.6 Å². The SMILES string of the molecule is COCCNC(=O)NCCc1ccc(F)cc1. The number of methoxy groups -OCH3 is 1. The zero-order valence-electron chi connectivity index (χ0n) is 9.83. The first-order chi connectivity index (χ1) is 8.22. The predicted octanol–water partition coefficient (Wildman–Crippen LogP) is 1.31. The third-order valence-electron chi connectivity index (χ3n) is 2.20. The van der Waals surface area contributed by atoms with Crippen LogP contribution < -0.4 is 10.6 Å². The van der Waals surface area contributed by atoms with Crippen molar-refractivity contribution < 1.29 is 13.9 Å². The Morgan fingerprint density at radius 2 is 1.88 bits per heavy atom. The summed E-state index contributed by atoms with van der Waals surface area (Å²) in [5.74, 6) is -0.251. The van der Waals surface area contributed by atoms with Gasteiger partial charge >= 0.3 is 6.03 Å². The molecule has 0 unspecified atom stereocenters. The standard InChI is InChI=1S/C12H17FN2O2/c1-17-9-8-15-12(16)14-7-6-10-2-4-11(13)5-3-10/h2-5H,6-9H2,1H3,(H2,14,15,16). The Morgan fingerprint density at radius 3 is 2.53 bits per heavy atom. The van der Waals surface area contributed by atoms with E-state index in [1.165, 1.54) is 12.1 Å². The van der Waals surface area contributed by atoms with E-state index in [-0.39, 0.29) is 11.8 Å². The minimum Gasteiger partial charge on any atom is -0.383 e. The first-order valence-corrected chi connectivity index (χ1v) is 5.47. The van der Waals surface area contributed by atoms with Crippen molar-refractivity contribution >= 4 is 6.03 Å². The van der Waals surface area contributed by atoms with Gasteiger partial charge in [0.25, 0.3) is 0 Å². The van der Waals surface area contributed by atoms with Crippen molar-refractivity contribution in [3.8, 4) is 0 Å². The summed E-state index contributed by atoms with van der Waals surface area (Å²) < 4.78 is 17.4. The normalized spacial score (nSPS) is 10.0. The molecule has 1 aromatic rings. The smallest absolute Gasteiger partial charge is 0.314 e. The summed E-state index contributed by atoms with van der Waals surface area (Å²) >= 11 is 0. The number of hydrogen-bond acceptors (Lipinski definition) is 2. The van der Waals surface area contributed by atoms with E-state index < -0.39 is 0 Å². The zero-order chi connectivity index (χ0) is 12.5. The van der Waals surface area contributed by atoms with Crippen LogP contribution in [0, 0.1) is 5.82 Å². The van der Waals surface area contributed by atoms with Gasteiger partial charge in [-0.05, 0) is 24.1 Å². The summed E-state index contributed by atoms with van der Waals surface area (Å²) in [5.41, 5.74) is 0.989. The van der Waals surface area contributed by atoms with Crippen LogP contribution in [0.4, 0.5) is 9.18 Å². The molecule has 1 rings (SSSR count). The summed E-state index contributed by atoms with van der Waals surface area (Å²) in [7, 11) is 1.58. The highest BCUT2D eigenvalue weighted by Gasteiger charge is 1.99. The number of nitrogens with one attached hydrogen (secondary N) is 2. The maximum atomic E-state index is 12.6. The molecule has 0 aliphatic carbocycles. The van der Waals surface area contributed by atoms with Crippen molar-refractivity contribution in [1.29, 1.82) is 0 Å². The Morgan fingerprint density at radius 1 is 1.24 bits per heavy atom. The van der Waals surface area contributed by atoms with Gasteiger partial charge in [-0.25, -0.2) is 9.18 Å². The van der Waals surface area contributed by atoms with Crippen LogP contribution in [-0.4, -0.2) is 32.8 Å². The van der Waals surface area contributed by atoms with Crippen molar-refractivity contribution in [1.82, 2.24) is 10.6 Å². The molecule has 1 aromatic carbocycles. The molecule has 0 atom stereocenters. The first kappa shape index (κ1) is 13.4. The predicted molar refractivity (Wildman–Crippen MR) is 63.4 cm³/mol. The largest absolute Gasteiger partial charge is 0.383 e. The van der Waals surface area contributed by atoms with E-state index in [0.29, 0.717) is 26.1 Å². The second-order valence-electron chi connectivity index (χ2n) is 3.55. The lowest BCUT2D eigenvalue weighted by Crippen LogP contribution is -2.38. The minimum absolute atomic E-state index is 0.218. The van der Waals surface area contributed by atoms with Gasteiger partial charge in [-0.2, -0.15) is 0 Å². The summed E-state index contributed by atoms with van der Waals surface area (Å²) in [6, 6.07) is 6.02. The molecule has 0 aliphatic heterocycles. The molecule has 2 amide bonds. The number of hydrogen-bond donors (Lipinski definition) is 2. The molecule has 0 bridgehead atoms. The van der Waals surface area contributed by atoms with Gasteiger partial charge in [0.05, 0.1) is 6.61 Å². The Bertz CT molecular complexity index is 341. The molecule has 0 saturated carbocycles. The van der Waals surface area contributed by atoms with Crippen LogP contribution in [0.5, 0.6) is 0 Å². The lowest BCUT2D eigenvalue weighted by Gasteiger charge is -2.07. The van der Waals surface area contributed by atoms with Crippen molar-refractivity contribution in [2.75, 3.05) is 26.8 Å². The number of ether oxygens (including phenoxy) is 1. The molecule has 17 heavy (non-hydrogen) atoms. The second-order valence-corrected chi connectivity index (χ2v) is 3.55. The van der Waals surface area contributed by atoms with Gasteiger partial charge in [0.2, 0.25) is 0 Å². The number of carbonyl (C=O) groups is 1. The molecule has 0 aliphatic rings. The summed E-state index contributed by atoms with van der Waals surface area (Å²) in [6.07, 6.45) is 0.679. The van der Waals surface area contributed by atoms with Gasteiger partial charge in [-0.3, -0.25) is 0 Å². The van der Waals surface area contributed by atoms with Gasteiger partial charge in [-0.1, -0.05) is 12.1 Å². The monoisotopic (exact) mass is 240 g/mol. The Labute approximate surface area is 100 Å². The second kappa shape index (κ2) is 7.62. The van der Waals surface area contributed by atoms with Gasteiger partial charge in [0.15, 0.2) is 0 Å². The topological polar surface area (TPSA) is 50.4 Å². The number of rotatable bonds is 6. The van der Waals surface area contributed by atoms with Crippen molar-refractivity contribution in [2.45, 2.75) is 6.42 Å². The highest BCUT2D eigenvalue weighted by atomic mass is 19.1. The quantitative estimate of drug-likeness (QED) is 0.737. The minimum atomic E-state index is -0.251. The van der Waals surface area contributed by atoms with Gasteiger partial charge in [0, 0.05) is 20.2 Å². The van der Waals surface area contributed by atoms with E-state index in [4.69, 9.17) is 4.74 Å². The Balaban J connectivity index is 2.14. The molecule has 5 heteroatoms. The van der Waals surface area contributed by atoms with Crippen LogP contribution in [0.3, 0.4) is 0 Å². The van der Waals surface area contributed by atoms with Crippen LogP contribution in [-0.2, 0) is 11.2 Å². The molecule has 0 saturated heterocycles. The van der Waals surface area contributed by atoms with E-state index in [1.807, 2.05) is 0 Å². The number of urea groups is 1. The van der Waals surface area contributed by atoms with Crippen LogP contribution >= 0.6 is 0 Å². The number of halogens is 1. The molecule has 94 valence electrons. The number of benzene rings is 1. The fourth-order valence-corrected chi connectivity index (χ4v) is 1.30. The lowest BCUT2D eigenvalue weighted by atomic mass is 10.1. The van der Waals surface area contributed by atoms with Gasteiger partial charge < -0.3 is 15.4 Å². The summed E-state index contributed by atoms with van der Waals surface area (Å²) in [6.45, 7) is 1.49. The van der Waals surface area contributed by atoms with Gasteiger partial charge in [-0.15, -0.1) is 0 Å². The van der Waals surface area contributed by atoms with Crippen molar-refractivity contribution in [3.63, 3.8) is 0 Å². The highest BCUT2D eigenvalue weighted by Crippen LogP contribution is 2.02. The molecular weight excluding hydrogens is 223 g/mol. The maximum Gasteiger partial charge on any atom is 0.314 e. The van der Waals surface area contributed by atoms with Crippen LogP contribution in [0.2, 0.25) is 0 Å². The van der Waals surface area contributed by atoms with Crippen LogP contribution in [0.1, 0.15) is 5.56 Å². The first-order valence-electron chi connectivity index (χ1n) is 5.47. The summed E-state index contributed by atoms with van der Waals surface area (Å²) in [5, 5.41) is 5.35. The molecule has 0 fully saturated rings. The summed E-state index contributed by atoms with van der Waals surface area (Å²) in [4.78, 5) is 11.2. The fraction of sp³-hybridized carbons (Fsp3) is 0.417. The van der Waals surface area contributed by atoms with E-state index in [9.17, 15) is 9.18 Å². The highest BCUT2D eigenvalue weighted by molar-refractivity contribution is 5.73. The lowest BCUT2D eigenvalue weighted by molar-refractivity contribution is 0.196. The molecule has 4 nitrogen and oxygen atoms in total. The Kier molecular flexibility index (Phi) is 6.03. The third kappa shape index (κ3) is 5.87. The van der Waals surface area contributed by atoms with E-state index in [0.717, 1.165) is 5.56 Å². The molecular formula is C12H17FN2O2. The average Bonchev–Trinajstić information content (AvgIpc) is 2.32. The van der Waals surface area contributed by atoms with Crippen LogP contribution in [0.25, 0.3) is 0 Å². The van der Waals surface area contributed by atoms with E-state index in [2.05, 4.69) is 10.6 Å². The van der Waals surface area contributed by atoms with E-state index >= 15 is 0 Å². The van der Waals surface area contributed by atoms with Crippen LogP contribution in [0.15, 0.2) is 24.3 Å². The van der Waals surface area contributed by atoms with Gasteiger partial charge in [0.1, 0.15) is 5.82 Å². The zero-order valence-corrected chi connectivity index (χ0v) is 9.83. The number of amides is 2. The Hall–Kier alpha value is -1.62. The molecule has 0 aromatic heterocycles. The fourth-order valence-electron chi connectivity index (χ4n) is 1.30. The van der Waals surface area contributed by atoms with Crippen molar-refractivity contribution in [2.24, 2.45) is 0 Å². The number of carbonyl (C=O) groups excluding carboxylic acids is 1. The third-order valence-corrected chi connectivity index (χ3v) is 2.20. The van der Waals surface area contributed by atoms with E-state index in [1.54, 1.807) is 19.2 Å². The molecule has 0 heterocycles. The maximum absolute atomic E-state index is 12.6.